The summed E-state index contributed by atoms with van der Waals surface area (Å²) in [5, 5.41) is 16.0. The lowest BCUT2D eigenvalue weighted by Crippen LogP contribution is -2.38. The molecule has 41 heavy (non-hydrogen) atoms. The lowest BCUT2D eigenvalue weighted by Gasteiger charge is -2.26. The van der Waals surface area contributed by atoms with Gasteiger partial charge in [-0.2, -0.15) is 15.0 Å². The van der Waals surface area contributed by atoms with Gasteiger partial charge in [0.05, 0.1) is 26.5 Å². The van der Waals surface area contributed by atoms with E-state index in [1.807, 2.05) is 48.5 Å². The summed E-state index contributed by atoms with van der Waals surface area (Å²) < 4.78 is 17.5. The lowest BCUT2D eigenvalue weighted by molar-refractivity contribution is 0.0322. The van der Waals surface area contributed by atoms with Crippen molar-refractivity contribution < 1.29 is 19.3 Å². The molecule has 1 saturated heterocycles. The lowest BCUT2D eigenvalue weighted by atomic mass is 10.2. The van der Waals surface area contributed by atoms with Gasteiger partial charge in [-0.05, 0) is 35.4 Å². The van der Waals surface area contributed by atoms with Crippen LogP contribution in [0.4, 0.5) is 17.8 Å². The quantitative estimate of drug-likeness (QED) is 0.161. The monoisotopic (exact) mass is 563 g/mol. The third-order valence-electron chi connectivity index (χ3n) is 6.32. The number of nitrogens with zero attached hydrogens (tertiary/aromatic N) is 5. The number of rotatable bonds is 13. The van der Waals surface area contributed by atoms with Crippen molar-refractivity contribution in [2.75, 3.05) is 62.6 Å². The zero-order chi connectivity index (χ0) is 28.4. The number of aromatic hydroxyl groups is 1. The highest BCUT2D eigenvalue weighted by atomic mass is 16.5. The summed E-state index contributed by atoms with van der Waals surface area (Å²) in [6.07, 6.45) is 1.19. The second-order valence-corrected chi connectivity index (χ2v) is 9.23. The molecule has 0 atom stereocenters. The van der Waals surface area contributed by atoms with E-state index in [1.165, 1.54) is 6.20 Å². The van der Waals surface area contributed by atoms with Crippen LogP contribution in [0.15, 0.2) is 59.5 Å². The molecule has 1 aliphatic rings. The Morgan fingerprint density at radius 2 is 1.49 bits per heavy atom. The molecule has 2 aromatic heterocycles. The molecule has 14 nitrogen and oxygen atoms in total. The van der Waals surface area contributed by atoms with E-state index in [-0.39, 0.29) is 17.8 Å². The van der Waals surface area contributed by atoms with Gasteiger partial charge in [0.1, 0.15) is 18.1 Å². The number of aromatic amines is 1. The van der Waals surface area contributed by atoms with Gasteiger partial charge in [0.2, 0.25) is 23.7 Å². The number of methoxy groups -OCH3 is 1. The van der Waals surface area contributed by atoms with Gasteiger partial charge in [0, 0.05) is 32.7 Å². The van der Waals surface area contributed by atoms with Crippen LogP contribution in [0.1, 0.15) is 11.1 Å². The number of anilines is 3. The molecule has 216 valence electrons. The van der Waals surface area contributed by atoms with E-state index >= 15 is 0 Å². The van der Waals surface area contributed by atoms with Gasteiger partial charge in [-0.1, -0.05) is 24.3 Å². The Morgan fingerprint density at radius 1 is 0.902 bits per heavy atom. The fourth-order valence-corrected chi connectivity index (χ4v) is 4.08. The molecule has 0 amide bonds. The Morgan fingerprint density at radius 3 is 2.05 bits per heavy atom. The maximum Gasteiger partial charge on any atom is 0.347 e. The van der Waals surface area contributed by atoms with Crippen molar-refractivity contribution in [3.05, 3.63) is 76.3 Å². The van der Waals surface area contributed by atoms with Crippen molar-refractivity contribution in [3.8, 4) is 17.4 Å². The molecule has 3 heterocycles. The first-order valence-electron chi connectivity index (χ1n) is 13.2. The van der Waals surface area contributed by atoms with Crippen molar-refractivity contribution in [1.29, 1.82) is 0 Å². The highest BCUT2D eigenvalue weighted by molar-refractivity contribution is 5.43. The van der Waals surface area contributed by atoms with Crippen LogP contribution in [-0.4, -0.2) is 81.2 Å². The Labute approximate surface area is 236 Å². The van der Waals surface area contributed by atoms with Crippen LogP contribution in [0.25, 0.3) is 0 Å². The zero-order valence-corrected chi connectivity index (χ0v) is 22.7. The van der Waals surface area contributed by atoms with E-state index in [0.717, 1.165) is 60.2 Å². The Bertz CT molecular complexity index is 1450. The summed E-state index contributed by atoms with van der Waals surface area (Å²) >= 11 is 0. The normalized spacial score (nSPS) is 13.5. The Balaban J connectivity index is 1.21. The SMILES string of the molecule is COc1ccc(CNc2nc(NCc3ccc(OCCN4CCOCC4)cc3)nc(Nn3cc(O)[nH]c3=O)n2)cc1. The molecule has 5 N–H and O–H groups in total. The van der Waals surface area contributed by atoms with Crippen molar-refractivity contribution in [2.24, 2.45) is 0 Å². The third-order valence-corrected chi connectivity index (χ3v) is 6.32. The minimum Gasteiger partial charge on any atom is -0.497 e. The van der Waals surface area contributed by atoms with Crippen molar-refractivity contribution in [3.63, 3.8) is 0 Å². The predicted octanol–water partition coefficient (Wildman–Crippen LogP) is 1.89. The van der Waals surface area contributed by atoms with Gasteiger partial charge < -0.3 is 30.0 Å². The molecular weight excluding hydrogens is 530 g/mol. The Kier molecular flexibility index (Phi) is 9.13. The second-order valence-electron chi connectivity index (χ2n) is 9.23. The predicted molar refractivity (Wildman–Crippen MR) is 152 cm³/mol. The van der Waals surface area contributed by atoms with Gasteiger partial charge >= 0.3 is 5.69 Å². The van der Waals surface area contributed by atoms with Crippen molar-refractivity contribution in [1.82, 2.24) is 29.5 Å². The Hall–Kier alpha value is -4.82. The van der Waals surface area contributed by atoms with Crippen LogP contribution < -0.4 is 31.2 Å². The molecule has 0 saturated carbocycles. The summed E-state index contributed by atoms with van der Waals surface area (Å²) in [5.41, 5.74) is 4.19. The molecule has 0 bridgehead atoms. The van der Waals surface area contributed by atoms with Gasteiger partial charge in [-0.15, -0.1) is 0 Å². The molecule has 0 spiro atoms. The first kappa shape index (κ1) is 27.7. The standard InChI is InChI=1S/C27H33N9O5/c1-39-21-6-2-19(3-7-21)16-28-24-31-25(33-26(32-24)34-36-18-23(37)30-27(36)38)29-17-20-4-8-22(9-5-20)41-15-12-35-10-13-40-14-11-35/h2-9,18,37H,10-17H2,1H3,(H,30,38)(H3,28,29,31,32,33,34). The number of ether oxygens (including phenoxy) is 3. The summed E-state index contributed by atoms with van der Waals surface area (Å²) in [6, 6.07) is 15.4. The molecule has 0 aliphatic carbocycles. The number of imidazole rings is 1. The first-order chi connectivity index (χ1) is 20.0. The number of benzene rings is 2. The molecule has 14 heteroatoms. The maximum atomic E-state index is 12.0. The fraction of sp³-hybridized carbons (Fsp3) is 0.333. The average Bonchev–Trinajstić information content (AvgIpc) is 3.32. The number of aromatic nitrogens is 5. The second kappa shape index (κ2) is 13.5. The number of morpholine rings is 1. The minimum atomic E-state index is -0.572. The van der Waals surface area contributed by atoms with Gasteiger partial charge in [0.15, 0.2) is 0 Å². The van der Waals surface area contributed by atoms with Crippen LogP contribution in [-0.2, 0) is 17.8 Å². The molecule has 5 rings (SSSR count). The van der Waals surface area contributed by atoms with Gasteiger partial charge in [0.25, 0.3) is 0 Å². The van der Waals surface area contributed by atoms with E-state index in [4.69, 9.17) is 14.2 Å². The van der Waals surface area contributed by atoms with Gasteiger partial charge in [-0.25, -0.2) is 9.47 Å². The maximum absolute atomic E-state index is 12.0. The molecule has 2 aromatic carbocycles. The van der Waals surface area contributed by atoms with Crippen LogP contribution in [0, 0.1) is 0 Å². The van der Waals surface area contributed by atoms with E-state index in [9.17, 15) is 9.90 Å². The summed E-state index contributed by atoms with van der Waals surface area (Å²) in [5.74, 6) is 1.96. The molecular formula is C27H33N9O5. The summed E-state index contributed by atoms with van der Waals surface area (Å²) in [7, 11) is 1.62. The van der Waals surface area contributed by atoms with Crippen molar-refractivity contribution >= 4 is 17.8 Å². The summed E-state index contributed by atoms with van der Waals surface area (Å²) in [4.78, 5) is 29.8. The van der Waals surface area contributed by atoms with E-state index < -0.39 is 5.69 Å². The minimum absolute atomic E-state index is 0.102. The van der Waals surface area contributed by atoms with Crippen LogP contribution in [0.5, 0.6) is 17.4 Å². The first-order valence-corrected chi connectivity index (χ1v) is 13.2. The topological polar surface area (TPSA) is 164 Å². The highest BCUT2D eigenvalue weighted by Crippen LogP contribution is 2.16. The number of hydrogen-bond donors (Lipinski definition) is 5. The van der Waals surface area contributed by atoms with Crippen LogP contribution in [0.3, 0.4) is 0 Å². The van der Waals surface area contributed by atoms with E-state index in [1.54, 1.807) is 7.11 Å². The fourth-order valence-electron chi connectivity index (χ4n) is 4.08. The molecule has 1 aliphatic heterocycles. The summed E-state index contributed by atoms with van der Waals surface area (Å²) in [6.45, 7) is 5.80. The van der Waals surface area contributed by atoms with E-state index in [0.29, 0.717) is 25.6 Å². The van der Waals surface area contributed by atoms with Crippen LogP contribution in [0.2, 0.25) is 0 Å². The average molecular weight is 564 g/mol. The molecule has 1 fully saturated rings. The molecule has 4 aromatic rings. The van der Waals surface area contributed by atoms with Gasteiger partial charge in [-0.3, -0.25) is 15.3 Å². The van der Waals surface area contributed by atoms with Crippen molar-refractivity contribution in [2.45, 2.75) is 13.1 Å². The number of hydrogen-bond acceptors (Lipinski definition) is 12. The van der Waals surface area contributed by atoms with E-state index in [2.05, 4.69) is 40.9 Å². The molecule has 0 radical (unpaired) electrons. The zero-order valence-electron chi connectivity index (χ0n) is 22.7. The number of H-pyrrole nitrogens is 1. The highest BCUT2D eigenvalue weighted by Gasteiger charge is 2.11. The number of nitrogens with one attached hydrogen (secondary N) is 4. The largest absolute Gasteiger partial charge is 0.497 e. The van der Waals surface area contributed by atoms with Crippen LogP contribution >= 0.6 is 0 Å². The smallest absolute Gasteiger partial charge is 0.347 e. The third kappa shape index (κ3) is 8.09. The molecule has 0 unspecified atom stereocenters.